The summed E-state index contributed by atoms with van der Waals surface area (Å²) in [5.74, 6) is -0.0798. The van der Waals surface area contributed by atoms with Gasteiger partial charge in [-0.15, -0.1) is 0 Å². The first-order chi connectivity index (χ1) is 8.49. The molecule has 0 aromatic heterocycles. The van der Waals surface area contributed by atoms with Gasteiger partial charge in [-0.2, -0.15) is 0 Å². The highest BCUT2D eigenvalue weighted by Crippen LogP contribution is 2.25. The van der Waals surface area contributed by atoms with Gasteiger partial charge in [0.05, 0.1) is 10.7 Å². The lowest BCUT2D eigenvalue weighted by Gasteiger charge is -2.06. The van der Waals surface area contributed by atoms with E-state index in [0.29, 0.717) is 21.8 Å². The van der Waals surface area contributed by atoms with E-state index in [2.05, 4.69) is 15.9 Å². The average Bonchev–Trinajstić information content (AvgIpc) is 2.32. The predicted molar refractivity (Wildman–Crippen MR) is 78.2 cm³/mol. The fraction of sp³-hybridized carbons (Fsp3) is 0.0714. The highest BCUT2D eigenvalue weighted by Gasteiger charge is 2.13. The molecule has 0 spiro atoms. The molecular formula is C14H11BrClNO. The zero-order valence-electron chi connectivity index (χ0n) is 9.71. The number of benzene rings is 2. The van der Waals surface area contributed by atoms with Crippen molar-refractivity contribution in [1.29, 1.82) is 0 Å². The highest BCUT2D eigenvalue weighted by molar-refractivity contribution is 9.10. The van der Waals surface area contributed by atoms with E-state index in [4.69, 9.17) is 17.3 Å². The summed E-state index contributed by atoms with van der Waals surface area (Å²) in [6, 6.07) is 10.5. The lowest BCUT2D eigenvalue weighted by atomic mass is 10.0. The first-order valence-electron chi connectivity index (χ1n) is 5.35. The van der Waals surface area contributed by atoms with Gasteiger partial charge in [-0.3, -0.25) is 4.79 Å². The maximum atomic E-state index is 12.3. The van der Waals surface area contributed by atoms with Crippen LogP contribution in [0.2, 0.25) is 5.02 Å². The average molecular weight is 325 g/mol. The molecule has 2 N–H and O–H groups in total. The molecule has 2 nitrogen and oxygen atoms in total. The Morgan fingerprint density at radius 2 is 1.94 bits per heavy atom. The Hall–Kier alpha value is -1.32. The van der Waals surface area contributed by atoms with Crippen LogP contribution in [-0.4, -0.2) is 5.78 Å². The summed E-state index contributed by atoms with van der Waals surface area (Å²) in [7, 11) is 0. The molecule has 0 aliphatic carbocycles. The second-order valence-corrected chi connectivity index (χ2v) is 5.31. The molecule has 0 saturated carbocycles. The van der Waals surface area contributed by atoms with E-state index < -0.39 is 0 Å². The molecule has 2 aromatic rings. The fourth-order valence-electron chi connectivity index (χ4n) is 1.63. The molecule has 4 heteroatoms. The van der Waals surface area contributed by atoms with Crippen molar-refractivity contribution in [1.82, 2.24) is 0 Å². The molecule has 92 valence electrons. The minimum absolute atomic E-state index is 0.0798. The number of ketones is 1. The van der Waals surface area contributed by atoms with Crippen molar-refractivity contribution in [3.05, 3.63) is 62.6 Å². The maximum absolute atomic E-state index is 12.3. The van der Waals surface area contributed by atoms with Crippen LogP contribution in [0.25, 0.3) is 0 Å². The Labute approximate surface area is 119 Å². The second kappa shape index (κ2) is 5.12. The summed E-state index contributed by atoms with van der Waals surface area (Å²) >= 11 is 9.32. The Bertz CT molecular complexity index is 625. The molecule has 0 unspecified atom stereocenters. The Morgan fingerprint density at radius 3 is 2.56 bits per heavy atom. The first-order valence-corrected chi connectivity index (χ1v) is 6.52. The van der Waals surface area contributed by atoms with Gasteiger partial charge in [0.25, 0.3) is 0 Å². The van der Waals surface area contributed by atoms with E-state index in [1.54, 1.807) is 24.3 Å². The predicted octanol–water partition coefficient (Wildman–Crippen LogP) is 4.22. The van der Waals surface area contributed by atoms with Crippen LogP contribution >= 0.6 is 27.5 Å². The number of halogens is 2. The van der Waals surface area contributed by atoms with Gasteiger partial charge >= 0.3 is 0 Å². The number of nitrogens with two attached hydrogens (primary N) is 1. The number of hydrogen-bond acceptors (Lipinski definition) is 2. The monoisotopic (exact) mass is 323 g/mol. The van der Waals surface area contributed by atoms with Crippen LogP contribution in [0.4, 0.5) is 5.69 Å². The summed E-state index contributed by atoms with van der Waals surface area (Å²) in [6.07, 6.45) is 0. The van der Waals surface area contributed by atoms with Gasteiger partial charge in [0.2, 0.25) is 0 Å². The summed E-state index contributed by atoms with van der Waals surface area (Å²) in [4.78, 5) is 12.3. The number of nitrogen functional groups attached to an aromatic ring is 1. The molecule has 0 aliphatic heterocycles. The lowest BCUT2D eigenvalue weighted by Crippen LogP contribution is -2.03. The molecule has 0 fully saturated rings. The minimum Gasteiger partial charge on any atom is -0.398 e. The van der Waals surface area contributed by atoms with Crippen molar-refractivity contribution in [3.8, 4) is 0 Å². The molecule has 0 amide bonds. The van der Waals surface area contributed by atoms with Crippen LogP contribution in [0.15, 0.2) is 40.9 Å². The van der Waals surface area contributed by atoms with E-state index in [0.717, 1.165) is 10.0 Å². The van der Waals surface area contributed by atoms with E-state index in [-0.39, 0.29) is 5.78 Å². The molecule has 18 heavy (non-hydrogen) atoms. The lowest BCUT2D eigenvalue weighted by molar-refractivity contribution is 0.103. The van der Waals surface area contributed by atoms with Gasteiger partial charge in [0.15, 0.2) is 5.78 Å². The number of rotatable bonds is 2. The first kappa shape index (κ1) is 13.1. The topological polar surface area (TPSA) is 43.1 Å². The summed E-state index contributed by atoms with van der Waals surface area (Å²) in [5.41, 5.74) is 8.32. The maximum Gasteiger partial charge on any atom is 0.194 e. The molecule has 0 atom stereocenters. The molecule has 0 radical (unpaired) electrons. The number of carbonyl (C=O) groups excluding carboxylic acids is 1. The molecule has 2 rings (SSSR count). The Kier molecular flexibility index (Phi) is 3.73. The second-order valence-electron chi connectivity index (χ2n) is 4.05. The third kappa shape index (κ3) is 2.57. The summed E-state index contributed by atoms with van der Waals surface area (Å²) in [6.45, 7) is 1.97. The molecule has 0 saturated heterocycles. The van der Waals surface area contributed by atoms with E-state index in [1.165, 1.54) is 0 Å². The summed E-state index contributed by atoms with van der Waals surface area (Å²) < 4.78 is 0.778. The van der Waals surface area contributed by atoms with Gasteiger partial charge < -0.3 is 5.73 Å². The van der Waals surface area contributed by atoms with Crippen molar-refractivity contribution >= 4 is 39.0 Å². The van der Waals surface area contributed by atoms with Crippen molar-refractivity contribution in [3.63, 3.8) is 0 Å². The van der Waals surface area contributed by atoms with Crippen LogP contribution in [0.1, 0.15) is 21.5 Å². The van der Waals surface area contributed by atoms with Crippen LogP contribution in [0.5, 0.6) is 0 Å². The zero-order chi connectivity index (χ0) is 13.3. The van der Waals surface area contributed by atoms with Gasteiger partial charge in [-0.1, -0.05) is 33.6 Å². The number of carbonyl (C=O) groups is 1. The Balaban J connectivity index is 2.44. The van der Waals surface area contributed by atoms with Gasteiger partial charge in [0.1, 0.15) is 0 Å². The van der Waals surface area contributed by atoms with Gasteiger partial charge in [0, 0.05) is 15.6 Å². The van der Waals surface area contributed by atoms with Crippen molar-refractivity contribution in [2.45, 2.75) is 6.92 Å². The largest absolute Gasteiger partial charge is 0.398 e. The Morgan fingerprint density at radius 1 is 1.22 bits per heavy atom. The zero-order valence-corrected chi connectivity index (χ0v) is 12.0. The van der Waals surface area contributed by atoms with Crippen LogP contribution in [0.3, 0.4) is 0 Å². The van der Waals surface area contributed by atoms with E-state index >= 15 is 0 Å². The smallest absolute Gasteiger partial charge is 0.194 e. The third-order valence-corrected chi connectivity index (χ3v) is 3.62. The molecular weight excluding hydrogens is 314 g/mol. The number of hydrogen-bond donors (Lipinski definition) is 1. The third-order valence-electron chi connectivity index (χ3n) is 2.63. The van der Waals surface area contributed by atoms with Crippen molar-refractivity contribution < 1.29 is 4.79 Å². The molecule has 0 aliphatic rings. The fourth-order valence-corrected chi connectivity index (χ4v) is 2.48. The highest BCUT2D eigenvalue weighted by atomic mass is 79.9. The van der Waals surface area contributed by atoms with Crippen LogP contribution in [0, 0.1) is 6.92 Å². The SMILES string of the molecule is Cc1ccc(C(=O)c2ccc(N)c(Cl)c2)c(Br)c1. The normalized spacial score (nSPS) is 10.4. The van der Waals surface area contributed by atoms with Gasteiger partial charge in [-0.25, -0.2) is 0 Å². The van der Waals surface area contributed by atoms with E-state index in [9.17, 15) is 4.79 Å². The molecule has 0 bridgehead atoms. The van der Waals surface area contributed by atoms with Crippen LogP contribution < -0.4 is 5.73 Å². The quantitative estimate of drug-likeness (QED) is 0.664. The van der Waals surface area contributed by atoms with Gasteiger partial charge in [-0.05, 0) is 42.8 Å². The standard InChI is InChI=1S/C14H11BrClNO/c1-8-2-4-10(11(15)6-8)14(18)9-3-5-13(17)12(16)7-9/h2-7H,17H2,1H3. The molecule has 2 aromatic carbocycles. The van der Waals surface area contributed by atoms with Crippen molar-refractivity contribution in [2.75, 3.05) is 5.73 Å². The van der Waals surface area contributed by atoms with Crippen LogP contribution in [-0.2, 0) is 0 Å². The van der Waals surface area contributed by atoms with E-state index in [1.807, 2.05) is 19.1 Å². The number of aryl methyl sites for hydroxylation is 1. The molecule has 0 heterocycles. The summed E-state index contributed by atoms with van der Waals surface area (Å²) in [5, 5.41) is 0.393. The minimum atomic E-state index is -0.0798. The number of anilines is 1. The van der Waals surface area contributed by atoms with Crippen molar-refractivity contribution in [2.24, 2.45) is 0 Å².